The molecule has 2 heterocycles. The Balaban J connectivity index is 1.51. The molecule has 4 aliphatic rings. The molecule has 160 valence electrons. The molecule has 0 aromatic heterocycles. The van der Waals surface area contributed by atoms with Crippen LogP contribution in [0.2, 0.25) is 0 Å². The van der Waals surface area contributed by atoms with Crippen molar-refractivity contribution in [1.82, 2.24) is 4.90 Å². The smallest absolute Gasteiger partial charge is 0.269 e. The Hall–Kier alpha value is -1.40. The summed E-state index contributed by atoms with van der Waals surface area (Å²) in [5, 5.41) is 2.08. The molecule has 2 saturated carbocycles. The second-order valence-corrected chi connectivity index (χ2v) is 10.7. The van der Waals surface area contributed by atoms with Gasteiger partial charge >= 0.3 is 0 Å². The molecule has 0 atom stereocenters. The number of hydrogen-bond donors (Lipinski definition) is 0. The topological polar surface area (TPSA) is 35.9 Å². The Morgan fingerprint density at radius 1 is 0.967 bits per heavy atom. The van der Waals surface area contributed by atoms with Gasteiger partial charge in [0, 0.05) is 17.5 Å². The number of thioether (sulfide) groups is 2. The lowest BCUT2D eigenvalue weighted by molar-refractivity contribution is -0.124. The Morgan fingerprint density at radius 2 is 1.67 bits per heavy atom. The Kier molecular flexibility index (Phi) is 6.15. The van der Waals surface area contributed by atoms with Gasteiger partial charge in [-0.1, -0.05) is 62.4 Å². The molecule has 5 rings (SSSR count). The summed E-state index contributed by atoms with van der Waals surface area (Å²) in [6.45, 7) is 3.04. The van der Waals surface area contributed by atoms with Crippen LogP contribution in [0.15, 0.2) is 44.1 Å². The number of carbonyl (C=O) groups excluding carboxylic acids is 1. The summed E-state index contributed by atoms with van der Waals surface area (Å²) in [6.07, 6.45) is 12.2. The molecule has 0 unspecified atom stereocenters. The molecule has 3 fully saturated rings. The van der Waals surface area contributed by atoms with Crippen LogP contribution in [-0.4, -0.2) is 34.6 Å². The molecule has 4 nitrogen and oxygen atoms in total. The van der Waals surface area contributed by atoms with Gasteiger partial charge in [0.2, 0.25) is 0 Å². The Morgan fingerprint density at radius 3 is 2.40 bits per heavy atom. The summed E-state index contributed by atoms with van der Waals surface area (Å²) >= 11 is 3.39. The molecule has 0 bridgehead atoms. The van der Waals surface area contributed by atoms with Crippen molar-refractivity contribution < 1.29 is 4.79 Å². The fraction of sp³-hybridized carbons (Fsp3) is 0.583. The number of hydrogen-bond acceptors (Lipinski definition) is 5. The standard InChI is InChI=1S/C24H31N3OS2/c1-2-26-19-15-9-10-16-20(19)29-23(26)21-22(28)27(18-13-7-4-8-14-18)24(30-21)25-17-11-5-3-6-12-17/h9-10,15-18H,2-8,11-14H2,1H3/b23-21-,25-24?. The molecule has 1 aromatic carbocycles. The highest BCUT2D eigenvalue weighted by Gasteiger charge is 2.43. The summed E-state index contributed by atoms with van der Waals surface area (Å²) in [4.78, 5) is 25.5. The fourth-order valence-corrected chi connectivity index (χ4v) is 7.65. The van der Waals surface area contributed by atoms with Gasteiger partial charge in [-0.15, -0.1) is 0 Å². The van der Waals surface area contributed by atoms with Gasteiger partial charge in [-0.3, -0.25) is 14.7 Å². The van der Waals surface area contributed by atoms with Crippen molar-refractivity contribution in [3.8, 4) is 0 Å². The zero-order valence-corrected chi connectivity index (χ0v) is 19.4. The van der Waals surface area contributed by atoms with E-state index in [0.29, 0.717) is 12.1 Å². The van der Waals surface area contributed by atoms with Crippen molar-refractivity contribution in [2.45, 2.75) is 88.1 Å². The normalized spacial score (nSPS) is 27.4. The van der Waals surface area contributed by atoms with Crippen LogP contribution in [0.3, 0.4) is 0 Å². The minimum absolute atomic E-state index is 0.190. The predicted molar refractivity (Wildman–Crippen MR) is 128 cm³/mol. The molecule has 0 spiro atoms. The number of aliphatic imine (C=N–C) groups is 1. The lowest BCUT2D eigenvalue weighted by Gasteiger charge is -2.31. The number of benzene rings is 1. The average Bonchev–Trinajstić information content (AvgIpc) is 3.32. The summed E-state index contributed by atoms with van der Waals surface area (Å²) < 4.78 is 0. The zero-order valence-electron chi connectivity index (χ0n) is 17.8. The van der Waals surface area contributed by atoms with E-state index in [0.717, 1.165) is 34.5 Å². The van der Waals surface area contributed by atoms with Crippen molar-refractivity contribution >= 4 is 40.3 Å². The number of fused-ring (bicyclic) bond motifs is 1. The van der Waals surface area contributed by atoms with E-state index in [-0.39, 0.29) is 5.91 Å². The van der Waals surface area contributed by atoms with E-state index in [9.17, 15) is 4.79 Å². The summed E-state index contributed by atoms with van der Waals surface area (Å²) in [5.74, 6) is 0.190. The third-order valence-corrected chi connectivity index (χ3v) is 9.11. The van der Waals surface area contributed by atoms with Crippen molar-refractivity contribution in [3.63, 3.8) is 0 Å². The predicted octanol–water partition coefficient (Wildman–Crippen LogP) is 6.38. The Bertz CT molecular complexity index is 869. The van der Waals surface area contributed by atoms with E-state index in [2.05, 4.69) is 41.0 Å². The van der Waals surface area contributed by atoms with E-state index < -0.39 is 0 Å². The molecule has 30 heavy (non-hydrogen) atoms. The van der Waals surface area contributed by atoms with Crippen molar-refractivity contribution in [2.75, 3.05) is 11.4 Å². The van der Waals surface area contributed by atoms with Gasteiger partial charge in [0.15, 0.2) is 5.17 Å². The van der Waals surface area contributed by atoms with E-state index in [1.807, 2.05) is 0 Å². The first-order valence-corrected chi connectivity index (χ1v) is 13.3. The second kappa shape index (κ2) is 8.99. The number of rotatable bonds is 3. The van der Waals surface area contributed by atoms with E-state index in [4.69, 9.17) is 4.99 Å². The minimum atomic E-state index is 0.190. The van der Waals surface area contributed by atoms with E-state index in [1.165, 1.54) is 61.9 Å². The number of para-hydroxylation sites is 1. The maximum Gasteiger partial charge on any atom is 0.269 e. The molecule has 1 amide bonds. The summed E-state index contributed by atoms with van der Waals surface area (Å²) in [6, 6.07) is 9.21. The van der Waals surface area contributed by atoms with Gasteiger partial charge in [0.1, 0.15) is 9.93 Å². The van der Waals surface area contributed by atoms with Gasteiger partial charge in [-0.2, -0.15) is 0 Å². The largest absolute Gasteiger partial charge is 0.334 e. The number of amidine groups is 1. The van der Waals surface area contributed by atoms with Crippen LogP contribution in [0.4, 0.5) is 5.69 Å². The van der Waals surface area contributed by atoms with Gasteiger partial charge in [0.25, 0.3) is 5.91 Å². The van der Waals surface area contributed by atoms with E-state index >= 15 is 0 Å². The maximum absolute atomic E-state index is 13.8. The summed E-state index contributed by atoms with van der Waals surface area (Å²) in [7, 11) is 0. The van der Waals surface area contributed by atoms with Gasteiger partial charge in [0.05, 0.1) is 11.7 Å². The van der Waals surface area contributed by atoms with Gasteiger partial charge < -0.3 is 4.90 Å². The van der Waals surface area contributed by atoms with E-state index in [1.54, 1.807) is 23.5 Å². The molecule has 6 heteroatoms. The molecular weight excluding hydrogens is 410 g/mol. The number of nitrogens with zero attached hydrogens (tertiary/aromatic N) is 3. The fourth-order valence-electron chi connectivity index (χ4n) is 5.15. The van der Waals surface area contributed by atoms with Crippen molar-refractivity contribution in [3.05, 3.63) is 34.2 Å². The Labute approximate surface area is 188 Å². The molecule has 1 saturated heterocycles. The first-order valence-electron chi connectivity index (χ1n) is 11.6. The number of anilines is 1. The molecule has 0 N–H and O–H groups in total. The SMILES string of the molecule is CCN1/C(=C2/SC(=NC3CCCCC3)N(C3CCCCC3)C2=O)Sc2ccccc21. The molecular formula is C24H31N3OS2. The highest BCUT2D eigenvalue weighted by Crippen LogP contribution is 2.51. The third kappa shape index (κ3) is 3.81. The van der Waals surface area contributed by atoms with Crippen molar-refractivity contribution in [1.29, 1.82) is 0 Å². The lowest BCUT2D eigenvalue weighted by Crippen LogP contribution is -2.41. The lowest BCUT2D eigenvalue weighted by atomic mass is 9.94. The van der Waals surface area contributed by atoms with Crippen molar-refractivity contribution in [2.24, 2.45) is 4.99 Å². The summed E-state index contributed by atoms with van der Waals surface area (Å²) in [5.41, 5.74) is 1.22. The minimum Gasteiger partial charge on any atom is -0.334 e. The molecule has 2 aliphatic carbocycles. The van der Waals surface area contributed by atoms with Crippen LogP contribution < -0.4 is 4.90 Å². The monoisotopic (exact) mass is 441 g/mol. The van der Waals surface area contributed by atoms with Crippen LogP contribution in [0, 0.1) is 0 Å². The van der Waals surface area contributed by atoms with Crippen LogP contribution in [0.5, 0.6) is 0 Å². The average molecular weight is 442 g/mol. The van der Waals surface area contributed by atoms with Gasteiger partial charge in [-0.05, 0) is 56.5 Å². The molecule has 1 aromatic rings. The number of carbonyl (C=O) groups is 1. The van der Waals surface area contributed by atoms with Crippen LogP contribution in [0.1, 0.15) is 71.1 Å². The molecule has 0 radical (unpaired) electrons. The number of amides is 1. The van der Waals surface area contributed by atoms with Crippen LogP contribution in [0.25, 0.3) is 0 Å². The molecule has 2 aliphatic heterocycles. The first kappa shape index (κ1) is 20.5. The maximum atomic E-state index is 13.8. The highest BCUT2D eigenvalue weighted by molar-refractivity contribution is 8.19. The van der Waals surface area contributed by atoms with Crippen LogP contribution >= 0.6 is 23.5 Å². The third-order valence-electron chi connectivity index (χ3n) is 6.74. The zero-order chi connectivity index (χ0) is 20.5. The second-order valence-electron chi connectivity index (χ2n) is 8.72. The van der Waals surface area contributed by atoms with Crippen LogP contribution in [-0.2, 0) is 4.79 Å². The first-order chi connectivity index (χ1) is 14.8. The quantitative estimate of drug-likeness (QED) is 0.510. The highest BCUT2D eigenvalue weighted by atomic mass is 32.2. The van der Waals surface area contributed by atoms with Gasteiger partial charge in [-0.25, -0.2) is 0 Å².